The van der Waals surface area contributed by atoms with Crippen LogP contribution in [-0.2, 0) is 4.79 Å². The van der Waals surface area contributed by atoms with Crippen molar-refractivity contribution in [1.29, 1.82) is 0 Å². The Morgan fingerprint density at radius 3 is 2.77 bits per heavy atom. The van der Waals surface area contributed by atoms with Crippen LogP contribution in [0.2, 0.25) is 5.02 Å². The van der Waals surface area contributed by atoms with E-state index in [0.29, 0.717) is 12.2 Å². The van der Waals surface area contributed by atoms with E-state index in [1.807, 2.05) is 31.2 Å². The Labute approximate surface area is 87.5 Å². The van der Waals surface area contributed by atoms with Gasteiger partial charge in [-0.1, -0.05) is 30.7 Å². The summed E-state index contributed by atoms with van der Waals surface area (Å²) in [6, 6.07) is 7.56. The Morgan fingerprint density at radius 1 is 1.46 bits per heavy atom. The van der Waals surface area contributed by atoms with Crippen molar-refractivity contribution in [3.63, 3.8) is 0 Å². The van der Waals surface area contributed by atoms with Gasteiger partial charge in [0.15, 0.2) is 0 Å². The van der Waals surface area contributed by atoms with Crippen molar-refractivity contribution in [2.75, 3.05) is 5.75 Å². The molecular weight excluding hydrogens is 204 g/mol. The quantitative estimate of drug-likeness (QED) is 0.715. The molecule has 0 fully saturated rings. The molecule has 0 radical (unpaired) electrons. The number of hydrogen-bond acceptors (Lipinski definition) is 2. The zero-order valence-electron chi connectivity index (χ0n) is 7.42. The molecule has 0 aliphatic heterocycles. The highest BCUT2D eigenvalue weighted by Crippen LogP contribution is 2.26. The summed E-state index contributed by atoms with van der Waals surface area (Å²) >= 11 is 7.42. The standard InChI is InChI=1S/C10H11ClOS/c1-2-8(12)7-13-10-6-4-3-5-9(10)11/h3-6H,2,7H2,1H3. The Kier molecular flexibility index (Phi) is 4.33. The number of rotatable bonds is 4. The van der Waals surface area contributed by atoms with Crippen LogP contribution in [0.15, 0.2) is 29.2 Å². The Morgan fingerprint density at radius 2 is 2.15 bits per heavy atom. The number of benzene rings is 1. The van der Waals surface area contributed by atoms with Crippen molar-refractivity contribution >= 4 is 29.1 Å². The van der Waals surface area contributed by atoms with Gasteiger partial charge in [-0.05, 0) is 12.1 Å². The van der Waals surface area contributed by atoms with Crippen LogP contribution in [0.4, 0.5) is 0 Å². The minimum absolute atomic E-state index is 0.255. The van der Waals surface area contributed by atoms with Crippen molar-refractivity contribution in [1.82, 2.24) is 0 Å². The molecule has 0 aliphatic rings. The van der Waals surface area contributed by atoms with Crippen LogP contribution in [-0.4, -0.2) is 11.5 Å². The Bertz CT molecular complexity index is 299. The average Bonchev–Trinajstić information content (AvgIpc) is 2.16. The number of thioether (sulfide) groups is 1. The van der Waals surface area contributed by atoms with E-state index in [1.165, 1.54) is 11.8 Å². The summed E-state index contributed by atoms with van der Waals surface area (Å²) in [7, 11) is 0. The molecular formula is C10H11ClOS. The summed E-state index contributed by atoms with van der Waals surface area (Å²) in [6.45, 7) is 1.87. The van der Waals surface area contributed by atoms with E-state index in [4.69, 9.17) is 11.6 Å². The maximum atomic E-state index is 11.0. The van der Waals surface area contributed by atoms with E-state index in [0.717, 1.165) is 9.92 Å². The number of hydrogen-bond donors (Lipinski definition) is 0. The molecule has 0 bridgehead atoms. The number of carbonyl (C=O) groups excluding carboxylic acids is 1. The molecule has 13 heavy (non-hydrogen) atoms. The lowest BCUT2D eigenvalue weighted by Gasteiger charge is -2.01. The SMILES string of the molecule is CCC(=O)CSc1ccccc1Cl. The third-order valence-corrected chi connectivity index (χ3v) is 3.19. The Hall–Kier alpha value is -0.470. The van der Waals surface area contributed by atoms with Gasteiger partial charge in [-0.2, -0.15) is 0 Å². The summed E-state index contributed by atoms with van der Waals surface area (Å²) in [5, 5.41) is 0.719. The van der Waals surface area contributed by atoms with Gasteiger partial charge in [0.25, 0.3) is 0 Å². The molecule has 0 heterocycles. The lowest BCUT2D eigenvalue weighted by molar-refractivity contribution is -0.116. The van der Waals surface area contributed by atoms with Gasteiger partial charge in [0.2, 0.25) is 0 Å². The first kappa shape index (κ1) is 10.6. The molecule has 1 nitrogen and oxygen atoms in total. The van der Waals surface area contributed by atoms with Crippen LogP contribution in [0, 0.1) is 0 Å². The summed E-state index contributed by atoms with van der Waals surface area (Å²) in [4.78, 5) is 12.0. The molecule has 3 heteroatoms. The van der Waals surface area contributed by atoms with Gasteiger partial charge in [-0.15, -0.1) is 11.8 Å². The lowest BCUT2D eigenvalue weighted by atomic mass is 10.4. The second-order valence-corrected chi connectivity index (χ2v) is 4.04. The highest BCUT2D eigenvalue weighted by Gasteiger charge is 2.02. The van der Waals surface area contributed by atoms with E-state index >= 15 is 0 Å². The van der Waals surface area contributed by atoms with Gasteiger partial charge >= 0.3 is 0 Å². The van der Waals surface area contributed by atoms with Crippen LogP contribution in [0.3, 0.4) is 0 Å². The molecule has 1 aromatic rings. The fourth-order valence-electron chi connectivity index (χ4n) is 0.822. The maximum absolute atomic E-state index is 11.0. The second-order valence-electron chi connectivity index (χ2n) is 2.61. The fourth-order valence-corrected chi connectivity index (χ4v) is 2.02. The molecule has 1 rings (SSSR count). The molecule has 1 aromatic carbocycles. The van der Waals surface area contributed by atoms with Gasteiger partial charge in [0.1, 0.15) is 5.78 Å². The molecule has 0 aliphatic carbocycles. The third kappa shape index (κ3) is 3.41. The topological polar surface area (TPSA) is 17.1 Å². The highest BCUT2D eigenvalue weighted by atomic mass is 35.5. The lowest BCUT2D eigenvalue weighted by Crippen LogP contribution is -1.97. The average molecular weight is 215 g/mol. The molecule has 70 valence electrons. The van der Waals surface area contributed by atoms with Crippen LogP contribution >= 0.6 is 23.4 Å². The summed E-state index contributed by atoms with van der Waals surface area (Å²) in [5.41, 5.74) is 0. The van der Waals surface area contributed by atoms with Crippen LogP contribution in [0.5, 0.6) is 0 Å². The molecule has 0 aromatic heterocycles. The third-order valence-electron chi connectivity index (χ3n) is 1.62. The van der Waals surface area contributed by atoms with Gasteiger partial charge in [0.05, 0.1) is 10.8 Å². The molecule has 0 spiro atoms. The summed E-state index contributed by atoms with van der Waals surface area (Å²) in [5.74, 6) is 0.769. The van der Waals surface area contributed by atoms with Crippen molar-refractivity contribution in [2.24, 2.45) is 0 Å². The molecule has 0 saturated heterocycles. The largest absolute Gasteiger partial charge is 0.299 e. The van der Waals surface area contributed by atoms with Crippen LogP contribution in [0.25, 0.3) is 0 Å². The second kappa shape index (κ2) is 5.30. The first-order chi connectivity index (χ1) is 6.24. The molecule has 0 unspecified atom stereocenters. The van der Waals surface area contributed by atoms with E-state index in [2.05, 4.69) is 0 Å². The minimum atomic E-state index is 0.255. The number of Topliss-reactive ketones (excluding diaryl/α,β-unsaturated/α-hetero) is 1. The predicted molar refractivity (Wildman–Crippen MR) is 57.5 cm³/mol. The van der Waals surface area contributed by atoms with Gasteiger partial charge in [-0.3, -0.25) is 4.79 Å². The van der Waals surface area contributed by atoms with E-state index in [9.17, 15) is 4.79 Å². The zero-order valence-corrected chi connectivity index (χ0v) is 8.99. The van der Waals surface area contributed by atoms with Crippen molar-refractivity contribution in [3.8, 4) is 0 Å². The minimum Gasteiger partial charge on any atom is -0.299 e. The fraction of sp³-hybridized carbons (Fsp3) is 0.300. The highest BCUT2D eigenvalue weighted by molar-refractivity contribution is 8.00. The number of carbonyl (C=O) groups is 1. The monoisotopic (exact) mass is 214 g/mol. The van der Waals surface area contributed by atoms with Crippen molar-refractivity contribution in [3.05, 3.63) is 29.3 Å². The molecule has 0 atom stereocenters. The van der Waals surface area contributed by atoms with Gasteiger partial charge in [-0.25, -0.2) is 0 Å². The Balaban J connectivity index is 2.54. The van der Waals surface area contributed by atoms with E-state index in [-0.39, 0.29) is 5.78 Å². The first-order valence-corrected chi connectivity index (χ1v) is 5.49. The smallest absolute Gasteiger partial charge is 0.142 e. The summed E-state index contributed by atoms with van der Waals surface area (Å²) in [6.07, 6.45) is 0.595. The first-order valence-electron chi connectivity index (χ1n) is 4.13. The zero-order chi connectivity index (χ0) is 9.68. The van der Waals surface area contributed by atoms with E-state index < -0.39 is 0 Å². The molecule has 0 amide bonds. The number of halogens is 1. The predicted octanol–water partition coefficient (Wildman–Crippen LogP) is 3.41. The van der Waals surface area contributed by atoms with E-state index in [1.54, 1.807) is 0 Å². The van der Waals surface area contributed by atoms with Crippen molar-refractivity contribution in [2.45, 2.75) is 18.2 Å². The normalized spacial score (nSPS) is 10.0. The summed E-state index contributed by atoms with van der Waals surface area (Å²) < 4.78 is 0. The maximum Gasteiger partial charge on any atom is 0.142 e. The van der Waals surface area contributed by atoms with Crippen molar-refractivity contribution < 1.29 is 4.79 Å². The molecule has 0 N–H and O–H groups in total. The van der Waals surface area contributed by atoms with Crippen LogP contribution < -0.4 is 0 Å². The number of ketones is 1. The molecule has 0 saturated carbocycles. The van der Waals surface area contributed by atoms with Gasteiger partial charge < -0.3 is 0 Å². The van der Waals surface area contributed by atoms with Gasteiger partial charge in [0, 0.05) is 11.3 Å². The van der Waals surface area contributed by atoms with Crippen LogP contribution in [0.1, 0.15) is 13.3 Å².